The van der Waals surface area contributed by atoms with Crippen molar-refractivity contribution in [3.8, 4) is 5.75 Å². The van der Waals surface area contributed by atoms with E-state index in [9.17, 15) is 5.11 Å². The summed E-state index contributed by atoms with van der Waals surface area (Å²) < 4.78 is 11.2. The first-order valence-corrected chi connectivity index (χ1v) is 5.17. The van der Waals surface area contributed by atoms with Crippen LogP contribution in [0.4, 0.5) is 0 Å². The third kappa shape index (κ3) is 2.09. The predicted molar refractivity (Wildman–Crippen MR) is 57.1 cm³/mol. The smallest absolute Gasteiger partial charge is 0.205 e. The summed E-state index contributed by atoms with van der Waals surface area (Å²) in [5.41, 5.74) is 0.796. The largest absolute Gasteiger partial charge is 0.463 e. The minimum atomic E-state index is -0.714. The van der Waals surface area contributed by atoms with Gasteiger partial charge in [-0.15, -0.1) is 0 Å². The lowest BCUT2D eigenvalue weighted by Crippen LogP contribution is -2.38. The van der Waals surface area contributed by atoms with Crippen molar-refractivity contribution in [2.24, 2.45) is 0 Å². The molecule has 1 atom stereocenters. The third-order valence-corrected chi connectivity index (χ3v) is 2.50. The Morgan fingerprint density at radius 1 is 1.47 bits per heavy atom. The van der Waals surface area contributed by atoms with Gasteiger partial charge in [-0.2, -0.15) is 0 Å². The molecule has 1 heterocycles. The van der Waals surface area contributed by atoms with Crippen molar-refractivity contribution in [2.45, 2.75) is 25.7 Å². The Kier molecular flexibility index (Phi) is 2.63. The van der Waals surface area contributed by atoms with E-state index in [2.05, 4.69) is 0 Å². The number of fused-ring (bicyclic) bond motifs is 1. The molecule has 0 aliphatic carbocycles. The third-order valence-electron chi connectivity index (χ3n) is 2.27. The zero-order chi connectivity index (χ0) is 11.1. The van der Waals surface area contributed by atoms with Crippen LogP contribution in [0.3, 0.4) is 0 Å². The highest BCUT2D eigenvalue weighted by molar-refractivity contribution is 6.30. The van der Waals surface area contributed by atoms with Gasteiger partial charge >= 0.3 is 0 Å². The van der Waals surface area contributed by atoms with Gasteiger partial charge in [0, 0.05) is 24.4 Å². The second-order valence-electron chi connectivity index (χ2n) is 3.97. The number of hydrogen-bond donors (Lipinski definition) is 1. The fraction of sp³-hybridized carbons (Fsp3) is 0.455. The lowest BCUT2D eigenvalue weighted by molar-refractivity contribution is -0.214. The summed E-state index contributed by atoms with van der Waals surface area (Å²) >= 11 is 5.88. The zero-order valence-corrected chi connectivity index (χ0v) is 9.41. The van der Waals surface area contributed by atoms with Crippen molar-refractivity contribution in [1.82, 2.24) is 0 Å². The minimum Gasteiger partial charge on any atom is -0.463 e. The average Bonchev–Trinajstić information content (AvgIpc) is 2.16. The van der Waals surface area contributed by atoms with E-state index in [0.29, 0.717) is 5.02 Å². The van der Waals surface area contributed by atoms with Gasteiger partial charge in [0.25, 0.3) is 0 Å². The van der Waals surface area contributed by atoms with E-state index in [4.69, 9.17) is 21.1 Å². The molecule has 1 aromatic rings. The van der Waals surface area contributed by atoms with E-state index < -0.39 is 5.79 Å². The number of hydrogen-bond acceptors (Lipinski definition) is 3. The van der Waals surface area contributed by atoms with Crippen LogP contribution in [-0.4, -0.2) is 17.5 Å². The number of benzene rings is 1. The molecule has 0 saturated carbocycles. The molecule has 82 valence electrons. The van der Waals surface area contributed by atoms with E-state index in [-0.39, 0.29) is 12.7 Å². The highest BCUT2D eigenvalue weighted by Gasteiger charge is 2.33. The molecule has 1 aliphatic rings. The topological polar surface area (TPSA) is 38.7 Å². The van der Waals surface area contributed by atoms with Crippen molar-refractivity contribution in [2.75, 3.05) is 6.61 Å². The number of halogens is 1. The van der Waals surface area contributed by atoms with Crippen LogP contribution in [0.15, 0.2) is 18.2 Å². The van der Waals surface area contributed by atoms with Crippen LogP contribution < -0.4 is 4.74 Å². The Hall–Kier alpha value is -0.770. The molecule has 2 rings (SSSR count). The molecule has 0 spiro atoms. The first-order valence-electron chi connectivity index (χ1n) is 4.79. The predicted octanol–water partition coefficient (Wildman–Crippen LogP) is 2.52. The van der Waals surface area contributed by atoms with Gasteiger partial charge < -0.3 is 14.6 Å². The molecule has 4 heteroatoms. The Balaban J connectivity index is 2.44. The van der Waals surface area contributed by atoms with Gasteiger partial charge in [-0.05, 0) is 18.2 Å². The summed E-state index contributed by atoms with van der Waals surface area (Å²) in [7, 11) is 0. The summed E-state index contributed by atoms with van der Waals surface area (Å²) in [5.74, 6) is 0.00325. The Morgan fingerprint density at radius 2 is 2.20 bits per heavy atom. The van der Waals surface area contributed by atoms with Crippen LogP contribution in [-0.2, 0) is 4.74 Å². The maximum Gasteiger partial charge on any atom is 0.205 e. The summed E-state index contributed by atoms with van der Waals surface area (Å²) in [5, 5.41) is 9.85. The Morgan fingerprint density at radius 3 is 2.87 bits per heavy atom. The van der Waals surface area contributed by atoms with E-state index in [1.54, 1.807) is 18.2 Å². The highest BCUT2D eigenvalue weighted by atomic mass is 35.5. The monoisotopic (exact) mass is 228 g/mol. The van der Waals surface area contributed by atoms with Crippen LogP contribution in [0.25, 0.3) is 0 Å². The van der Waals surface area contributed by atoms with Gasteiger partial charge in [-0.25, -0.2) is 0 Å². The van der Waals surface area contributed by atoms with Gasteiger partial charge in [0.2, 0.25) is 5.79 Å². The molecular formula is C11H13ClO3. The maximum absolute atomic E-state index is 9.24. The van der Waals surface area contributed by atoms with Crippen LogP contribution in [0, 0.1) is 0 Å². The molecular weight excluding hydrogens is 216 g/mol. The zero-order valence-electron chi connectivity index (χ0n) is 8.66. The van der Waals surface area contributed by atoms with Crippen molar-refractivity contribution in [1.29, 1.82) is 0 Å². The first-order chi connectivity index (χ1) is 7.02. The van der Waals surface area contributed by atoms with Crippen molar-refractivity contribution in [3.63, 3.8) is 0 Å². The lowest BCUT2D eigenvalue weighted by atomic mass is 10.1. The molecule has 1 aromatic carbocycles. The Bertz CT molecular complexity index is 376. The van der Waals surface area contributed by atoms with Crippen molar-refractivity contribution < 1.29 is 14.6 Å². The molecule has 15 heavy (non-hydrogen) atoms. The van der Waals surface area contributed by atoms with E-state index in [0.717, 1.165) is 11.3 Å². The average molecular weight is 229 g/mol. The van der Waals surface area contributed by atoms with E-state index in [1.165, 1.54) is 0 Å². The van der Waals surface area contributed by atoms with Gasteiger partial charge in [0.1, 0.15) is 11.9 Å². The van der Waals surface area contributed by atoms with Crippen LogP contribution >= 0.6 is 11.6 Å². The van der Waals surface area contributed by atoms with Crippen LogP contribution in [0.5, 0.6) is 5.75 Å². The molecule has 0 radical (unpaired) electrons. The van der Waals surface area contributed by atoms with Crippen molar-refractivity contribution in [3.05, 3.63) is 28.8 Å². The molecule has 0 aromatic heterocycles. The first kappa shape index (κ1) is 10.7. The lowest BCUT2D eigenvalue weighted by Gasteiger charge is -2.37. The quantitative estimate of drug-likeness (QED) is 0.803. The highest BCUT2D eigenvalue weighted by Crippen LogP contribution is 2.39. The summed E-state index contributed by atoms with van der Waals surface area (Å²) in [6, 6.07) is 5.31. The fourth-order valence-corrected chi connectivity index (χ4v) is 1.87. The van der Waals surface area contributed by atoms with Gasteiger partial charge in [0.15, 0.2) is 0 Å². The van der Waals surface area contributed by atoms with E-state index in [1.807, 2.05) is 13.8 Å². The maximum atomic E-state index is 9.24. The minimum absolute atomic E-state index is 0.0832. The molecule has 1 N–H and O–H groups in total. The van der Waals surface area contributed by atoms with Crippen LogP contribution in [0.2, 0.25) is 5.02 Å². The molecule has 0 fully saturated rings. The molecule has 1 aliphatic heterocycles. The van der Waals surface area contributed by atoms with Gasteiger partial charge in [0.05, 0.1) is 6.61 Å². The van der Waals surface area contributed by atoms with Gasteiger partial charge in [-0.3, -0.25) is 0 Å². The van der Waals surface area contributed by atoms with Crippen molar-refractivity contribution >= 4 is 11.6 Å². The molecule has 0 amide bonds. The fourth-order valence-electron chi connectivity index (χ4n) is 1.69. The summed E-state index contributed by atoms with van der Waals surface area (Å²) in [6.07, 6.45) is -0.373. The van der Waals surface area contributed by atoms with E-state index >= 15 is 0 Å². The standard InChI is InChI=1S/C11H13ClO3/c1-11(2)14-9-4-3-7(12)5-8(9)10(6-13)15-11/h3-5,10,13H,6H2,1-2H3/t10-/m0/s1. The second-order valence-corrected chi connectivity index (χ2v) is 4.41. The SMILES string of the molecule is CC1(C)Oc2ccc(Cl)cc2[C@H](CO)O1. The number of ether oxygens (including phenoxy) is 2. The number of rotatable bonds is 1. The van der Waals surface area contributed by atoms with Gasteiger partial charge in [-0.1, -0.05) is 11.6 Å². The molecule has 3 nitrogen and oxygen atoms in total. The number of aliphatic hydroxyl groups excluding tert-OH is 1. The summed E-state index contributed by atoms with van der Waals surface area (Å²) in [6.45, 7) is 3.54. The molecule has 0 saturated heterocycles. The number of aliphatic hydroxyl groups is 1. The Labute approximate surface area is 93.6 Å². The normalized spacial score (nSPS) is 23.1. The molecule has 0 unspecified atom stereocenters. The second kappa shape index (κ2) is 3.67. The summed E-state index contributed by atoms with van der Waals surface area (Å²) in [4.78, 5) is 0. The molecule has 0 bridgehead atoms. The van der Waals surface area contributed by atoms with Crippen LogP contribution in [0.1, 0.15) is 25.5 Å².